The minimum absolute atomic E-state index is 0.00988. The monoisotopic (exact) mass is 306 g/mol. The van der Waals surface area contributed by atoms with Crippen molar-refractivity contribution in [3.8, 4) is 6.07 Å². The standard InChI is InChI=1S/C15H18N2O3S/c1-12(15(19)20-2)10-21-11-14(18)17(9-8-16)13-6-4-3-5-7-13/h3-7,12H,9-11H2,1-2H3. The van der Waals surface area contributed by atoms with E-state index in [9.17, 15) is 9.59 Å². The largest absolute Gasteiger partial charge is 0.469 e. The number of nitrogens with zero attached hydrogens (tertiary/aromatic N) is 2. The maximum Gasteiger partial charge on any atom is 0.309 e. The van der Waals surface area contributed by atoms with E-state index in [1.807, 2.05) is 24.3 Å². The molecule has 0 N–H and O–H groups in total. The Labute approximate surface area is 128 Å². The van der Waals surface area contributed by atoms with E-state index in [-0.39, 0.29) is 30.1 Å². The van der Waals surface area contributed by atoms with Crippen molar-refractivity contribution < 1.29 is 14.3 Å². The number of thioether (sulfide) groups is 1. The first-order chi connectivity index (χ1) is 10.1. The summed E-state index contributed by atoms with van der Waals surface area (Å²) in [6.07, 6.45) is 0. The van der Waals surface area contributed by atoms with Crippen LogP contribution < -0.4 is 4.90 Å². The molecule has 6 heteroatoms. The van der Waals surface area contributed by atoms with E-state index in [2.05, 4.69) is 4.74 Å². The lowest BCUT2D eigenvalue weighted by atomic mass is 10.2. The Morgan fingerprint density at radius 2 is 2.05 bits per heavy atom. The SMILES string of the molecule is COC(=O)C(C)CSCC(=O)N(CC#N)c1ccccc1. The summed E-state index contributed by atoms with van der Waals surface area (Å²) >= 11 is 1.36. The molecule has 1 aromatic carbocycles. The van der Waals surface area contributed by atoms with Crippen LogP contribution in [0.15, 0.2) is 30.3 Å². The average molecular weight is 306 g/mol. The number of ether oxygens (including phenoxy) is 1. The summed E-state index contributed by atoms with van der Waals surface area (Å²) in [7, 11) is 1.35. The molecule has 1 rings (SSSR count). The molecule has 1 atom stereocenters. The third-order valence-electron chi connectivity index (χ3n) is 2.79. The summed E-state index contributed by atoms with van der Waals surface area (Å²) in [5.74, 6) is 0.0385. The molecule has 0 fully saturated rings. The first-order valence-electron chi connectivity index (χ1n) is 6.48. The van der Waals surface area contributed by atoms with E-state index in [0.29, 0.717) is 11.4 Å². The molecule has 5 nitrogen and oxygen atoms in total. The lowest BCUT2D eigenvalue weighted by molar-refractivity contribution is -0.144. The number of benzene rings is 1. The molecular formula is C15H18N2O3S. The molecule has 0 saturated heterocycles. The number of carbonyl (C=O) groups excluding carboxylic acids is 2. The van der Waals surface area contributed by atoms with Gasteiger partial charge in [-0.1, -0.05) is 25.1 Å². The molecule has 112 valence electrons. The van der Waals surface area contributed by atoms with Gasteiger partial charge in [0.2, 0.25) is 5.91 Å². The molecule has 1 unspecified atom stereocenters. The van der Waals surface area contributed by atoms with E-state index in [1.165, 1.54) is 23.8 Å². The zero-order valence-electron chi connectivity index (χ0n) is 12.1. The number of rotatable bonds is 7. The fourth-order valence-electron chi connectivity index (χ4n) is 1.67. The van der Waals surface area contributed by atoms with Crippen LogP contribution in [-0.4, -0.2) is 37.0 Å². The summed E-state index contributed by atoms with van der Waals surface area (Å²) in [5, 5.41) is 8.85. The Kier molecular flexibility index (Phi) is 7.33. The minimum Gasteiger partial charge on any atom is -0.469 e. The fourth-order valence-corrected chi connectivity index (χ4v) is 2.61. The molecule has 0 spiro atoms. The first kappa shape index (κ1) is 17.1. The number of hydrogen-bond donors (Lipinski definition) is 0. The van der Waals surface area contributed by atoms with Crippen molar-refractivity contribution >= 4 is 29.3 Å². The first-order valence-corrected chi connectivity index (χ1v) is 7.63. The molecule has 0 saturated carbocycles. The van der Waals surface area contributed by atoms with Crippen LogP contribution in [0.1, 0.15) is 6.92 Å². The van der Waals surface area contributed by atoms with Gasteiger partial charge < -0.3 is 4.74 Å². The van der Waals surface area contributed by atoms with Crippen LogP contribution in [0.5, 0.6) is 0 Å². The Hall–Kier alpha value is -2.00. The highest BCUT2D eigenvalue weighted by molar-refractivity contribution is 8.00. The Morgan fingerprint density at radius 1 is 1.38 bits per heavy atom. The van der Waals surface area contributed by atoms with Crippen LogP contribution in [-0.2, 0) is 14.3 Å². The summed E-state index contributed by atoms with van der Waals surface area (Å²) in [6.45, 7) is 1.77. The molecule has 0 aliphatic carbocycles. The van der Waals surface area contributed by atoms with Gasteiger partial charge in [0.1, 0.15) is 6.54 Å². The van der Waals surface area contributed by atoms with Crippen molar-refractivity contribution in [2.75, 3.05) is 30.1 Å². The molecule has 21 heavy (non-hydrogen) atoms. The van der Waals surface area contributed by atoms with Gasteiger partial charge in [0.15, 0.2) is 0 Å². The van der Waals surface area contributed by atoms with Gasteiger partial charge in [-0.3, -0.25) is 14.5 Å². The highest BCUT2D eigenvalue weighted by Crippen LogP contribution is 2.16. The number of anilines is 1. The summed E-state index contributed by atoms with van der Waals surface area (Å²) in [6, 6.07) is 11.1. The van der Waals surface area contributed by atoms with Gasteiger partial charge in [0.05, 0.1) is 24.8 Å². The van der Waals surface area contributed by atoms with E-state index < -0.39 is 0 Å². The van der Waals surface area contributed by atoms with E-state index >= 15 is 0 Å². The van der Waals surface area contributed by atoms with Gasteiger partial charge in [0.25, 0.3) is 0 Å². The Bertz CT molecular complexity index is 513. The normalized spacial score (nSPS) is 11.3. The number of esters is 1. The molecule has 0 aliphatic rings. The lowest BCUT2D eigenvalue weighted by Crippen LogP contribution is -2.33. The second-order valence-corrected chi connectivity index (χ2v) is 5.44. The number of hydrogen-bond acceptors (Lipinski definition) is 5. The second kappa shape index (κ2) is 9.03. The van der Waals surface area contributed by atoms with Crippen molar-refractivity contribution in [3.05, 3.63) is 30.3 Å². The van der Waals surface area contributed by atoms with Crippen molar-refractivity contribution in [2.24, 2.45) is 5.92 Å². The van der Waals surface area contributed by atoms with Gasteiger partial charge in [-0.25, -0.2) is 0 Å². The Balaban J connectivity index is 2.55. The number of amides is 1. The number of nitriles is 1. The summed E-state index contributed by atoms with van der Waals surface area (Å²) in [5.41, 5.74) is 0.700. The predicted molar refractivity (Wildman–Crippen MR) is 82.9 cm³/mol. The summed E-state index contributed by atoms with van der Waals surface area (Å²) in [4.78, 5) is 24.9. The van der Waals surface area contributed by atoms with E-state index in [0.717, 1.165) is 0 Å². The maximum absolute atomic E-state index is 12.2. The van der Waals surface area contributed by atoms with Gasteiger partial charge in [-0.05, 0) is 12.1 Å². The van der Waals surface area contributed by atoms with Crippen LogP contribution in [0.3, 0.4) is 0 Å². The van der Waals surface area contributed by atoms with Crippen molar-refractivity contribution in [3.63, 3.8) is 0 Å². The van der Waals surface area contributed by atoms with Crippen molar-refractivity contribution in [1.29, 1.82) is 5.26 Å². The highest BCUT2D eigenvalue weighted by atomic mass is 32.2. The molecule has 0 aromatic heterocycles. The third-order valence-corrected chi connectivity index (χ3v) is 3.98. The third kappa shape index (κ3) is 5.48. The molecule has 0 aliphatic heterocycles. The van der Waals surface area contributed by atoms with Gasteiger partial charge in [-0.2, -0.15) is 17.0 Å². The van der Waals surface area contributed by atoms with Crippen LogP contribution in [0.25, 0.3) is 0 Å². The average Bonchev–Trinajstić information content (AvgIpc) is 2.52. The maximum atomic E-state index is 12.2. The smallest absolute Gasteiger partial charge is 0.309 e. The lowest BCUT2D eigenvalue weighted by Gasteiger charge is -2.19. The van der Waals surface area contributed by atoms with E-state index in [4.69, 9.17) is 5.26 Å². The molecule has 1 amide bonds. The van der Waals surface area contributed by atoms with Crippen molar-refractivity contribution in [2.45, 2.75) is 6.92 Å². The van der Waals surface area contributed by atoms with E-state index in [1.54, 1.807) is 19.1 Å². The van der Waals surface area contributed by atoms with Gasteiger partial charge in [-0.15, -0.1) is 0 Å². The fraction of sp³-hybridized carbons (Fsp3) is 0.400. The molecule has 1 aromatic rings. The number of carbonyl (C=O) groups is 2. The van der Waals surface area contributed by atoms with Crippen molar-refractivity contribution in [1.82, 2.24) is 0 Å². The molecule has 0 heterocycles. The van der Waals surface area contributed by atoms with Gasteiger partial charge in [0, 0.05) is 11.4 Å². The molecule has 0 bridgehead atoms. The molecular weight excluding hydrogens is 288 g/mol. The van der Waals surface area contributed by atoms with Crippen LogP contribution >= 0.6 is 11.8 Å². The van der Waals surface area contributed by atoms with Crippen LogP contribution in [0.4, 0.5) is 5.69 Å². The predicted octanol–water partition coefficient (Wildman–Crippen LogP) is 2.09. The second-order valence-electron chi connectivity index (χ2n) is 4.41. The number of methoxy groups -OCH3 is 1. The zero-order valence-corrected chi connectivity index (χ0v) is 12.9. The molecule has 0 radical (unpaired) electrons. The quantitative estimate of drug-likeness (QED) is 0.570. The zero-order chi connectivity index (χ0) is 15.7. The number of para-hydroxylation sites is 1. The van der Waals surface area contributed by atoms with Gasteiger partial charge >= 0.3 is 5.97 Å². The Morgan fingerprint density at radius 3 is 2.62 bits per heavy atom. The van der Waals surface area contributed by atoms with Crippen LogP contribution in [0, 0.1) is 17.2 Å². The topological polar surface area (TPSA) is 70.4 Å². The summed E-state index contributed by atoms with van der Waals surface area (Å²) < 4.78 is 4.63. The highest BCUT2D eigenvalue weighted by Gasteiger charge is 2.17. The minimum atomic E-state index is -0.285. The van der Waals surface area contributed by atoms with Crippen LogP contribution in [0.2, 0.25) is 0 Å².